The van der Waals surface area contributed by atoms with Gasteiger partial charge in [-0.3, -0.25) is 9.48 Å². The summed E-state index contributed by atoms with van der Waals surface area (Å²) < 4.78 is 5.03. The summed E-state index contributed by atoms with van der Waals surface area (Å²) in [6, 6.07) is 0. The highest BCUT2D eigenvalue weighted by atomic mass is 35.5. The summed E-state index contributed by atoms with van der Waals surface area (Å²) in [6.45, 7) is 0. The molecule has 7 heteroatoms. The van der Waals surface area contributed by atoms with Crippen LogP contribution in [-0.4, -0.2) is 25.2 Å². The van der Waals surface area contributed by atoms with E-state index in [0.29, 0.717) is 16.4 Å². The number of carbonyl (C=O) groups is 1. The number of hydrogen-bond donors (Lipinski definition) is 0. The lowest BCUT2D eigenvalue weighted by molar-refractivity contribution is 0.102. The van der Waals surface area contributed by atoms with E-state index < -0.39 is 0 Å². The molecule has 14 heavy (non-hydrogen) atoms. The van der Waals surface area contributed by atoms with Crippen LogP contribution < -0.4 is 0 Å². The van der Waals surface area contributed by atoms with E-state index in [-0.39, 0.29) is 5.78 Å². The molecule has 0 unspecified atom stereocenters. The van der Waals surface area contributed by atoms with Gasteiger partial charge in [-0.05, 0) is 11.5 Å². The van der Waals surface area contributed by atoms with Gasteiger partial charge < -0.3 is 0 Å². The third kappa shape index (κ3) is 1.42. The van der Waals surface area contributed by atoms with E-state index in [1.54, 1.807) is 12.4 Å². The van der Waals surface area contributed by atoms with E-state index in [1.165, 1.54) is 10.9 Å². The molecule has 0 atom stereocenters. The van der Waals surface area contributed by atoms with Crippen molar-refractivity contribution >= 4 is 28.9 Å². The molecule has 0 aromatic carbocycles. The molecule has 0 aliphatic carbocycles. The van der Waals surface area contributed by atoms with E-state index in [1.807, 2.05) is 0 Å². The number of hydrogen-bond acceptors (Lipinski definition) is 5. The van der Waals surface area contributed by atoms with Crippen LogP contribution in [-0.2, 0) is 7.05 Å². The molecule has 2 rings (SSSR count). The minimum Gasteiger partial charge on any atom is -0.285 e. The molecule has 0 aliphatic heterocycles. The van der Waals surface area contributed by atoms with Crippen LogP contribution in [0.15, 0.2) is 11.6 Å². The molecule has 0 aliphatic rings. The Labute approximate surface area is 88.5 Å². The molecule has 2 aromatic heterocycles. The Kier molecular flexibility index (Phi) is 2.30. The molecule has 2 aromatic rings. The fourth-order valence-corrected chi connectivity index (χ4v) is 1.74. The van der Waals surface area contributed by atoms with Crippen LogP contribution in [0.25, 0.3) is 0 Å². The maximum Gasteiger partial charge on any atom is 0.233 e. The lowest BCUT2D eigenvalue weighted by Crippen LogP contribution is -2.09. The van der Waals surface area contributed by atoms with E-state index in [0.717, 1.165) is 11.5 Å². The van der Waals surface area contributed by atoms with Crippen molar-refractivity contribution in [3.8, 4) is 0 Å². The monoisotopic (exact) mass is 228 g/mol. The van der Waals surface area contributed by atoms with Crippen LogP contribution >= 0.6 is 23.1 Å². The third-order valence-corrected chi connectivity index (χ3v) is 2.48. The lowest BCUT2D eigenvalue weighted by atomic mass is 10.2. The molecule has 0 amide bonds. The van der Waals surface area contributed by atoms with Crippen LogP contribution in [0.4, 0.5) is 0 Å². The lowest BCUT2D eigenvalue weighted by Gasteiger charge is -1.97. The summed E-state index contributed by atoms with van der Waals surface area (Å²) in [5, 5.41) is 9.44. The minimum absolute atomic E-state index is 0.260. The van der Waals surface area contributed by atoms with Crippen molar-refractivity contribution in [1.29, 1.82) is 0 Å². The van der Waals surface area contributed by atoms with Crippen molar-refractivity contribution in [1.82, 2.24) is 19.4 Å². The van der Waals surface area contributed by atoms with Crippen molar-refractivity contribution in [3.05, 3.63) is 28.0 Å². The van der Waals surface area contributed by atoms with Gasteiger partial charge in [-0.25, -0.2) is 0 Å². The van der Waals surface area contributed by atoms with Gasteiger partial charge in [0, 0.05) is 12.4 Å². The topological polar surface area (TPSA) is 60.7 Å². The Morgan fingerprint density at radius 1 is 1.64 bits per heavy atom. The zero-order valence-corrected chi connectivity index (χ0v) is 8.71. The van der Waals surface area contributed by atoms with E-state index in [4.69, 9.17) is 11.6 Å². The molecule has 0 saturated carbocycles. The van der Waals surface area contributed by atoms with Gasteiger partial charge in [0.1, 0.15) is 11.4 Å². The van der Waals surface area contributed by atoms with Gasteiger partial charge in [-0.2, -0.15) is 5.10 Å². The summed E-state index contributed by atoms with van der Waals surface area (Å²) in [5.74, 6) is -0.260. The van der Waals surface area contributed by atoms with Gasteiger partial charge in [0.05, 0.1) is 11.2 Å². The zero-order valence-electron chi connectivity index (χ0n) is 7.14. The quantitative estimate of drug-likeness (QED) is 0.724. The highest BCUT2D eigenvalue weighted by Gasteiger charge is 2.19. The molecule has 0 bridgehead atoms. The van der Waals surface area contributed by atoms with Gasteiger partial charge in [-0.15, -0.1) is 5.10 Å². The average Bonchev–Trinajstić information content (AvgIpc) is 2.75. The van der Waals surface area contributed by atoms with Gasteiger partial charge in [-0.1, -0.05) is 16.1 Å². The standard InChI is InChI=1S/C7H5ClN4OS/c1-12-6(4(8)2-9-12)7(13)5-3-14-11-10-5/h2-3H,1H3. The molecular weight excluding hydrogens is 224 g/mol. The first-order valence-electron chi connectivity index (χ1n) is 3.69. The number of rotatable bonds is 2. The van der Waals surface area contributed by atoms with Crippen LogP contribution in [0.5, 0.6) is 0 Å². The van der Waals surface area contributed by atoms with Gasteiger partial charge in [0.2, 0.25) is 5.78 Å². The average molecular weight is 229 g/mol. The first kappa shape index (κ1) is 9.29. The van der Waals surface area contributed by atoms with E-state index in [2.05, 4.69) is 14.7 Å². The number of aryl methyl sites for hydroxylation is 1. The highest BCUT2D eigenvalue weighted by Crippen LogP contribution is 2.17. The van der Waals surface area contributed by atoms with Gasteiger partial charge in [0.15, 0.2) is 0 Å². The summed E-state index contributed by atoms with van der Waals surface area (Å²) in [5.41, 5.74) is 0.625. The second-order valence-electron chi connectivity index (χ2n) is 2.58. The van der Waals surface area contributed by atoms with E-state index >= 15 is 0 Å². The van der Waals surface area contributed by atoms with E-state index in [9.17, 15) is 4.79 Å². The molecule has 0 N–H and O–H groups in total. The largest absolute Gasteiger partial charge is 0.285 e. The first-order valence-corrected chi connectivity index (χ1v) is 4.91. The van der Waals surface area contributed by atoms with Crippen LogP contribution in [0, 0.1) is 0 Å². The Balaban J connectivity index is 2.46. The summed E-state index contributed by atoms with van der Waals surface area (Å²) in [6.07, 6.45) is 1.43. The molecule has 0 spiro atoms. The Morgan fingerprint density at radius 2 is 2.43 bits per heavy atom. The molecule has 5 nitrogen and oxygen atoms in total. The predicted molar refractivity (Wildman–Crippen MR) is 51.6 cm³/mol. The fraction of sp³-hybridized carbons (Fsp3) is 0.143. The second kappa shape index (κ2) is 3.47. The zero-order chi connectivity index (χ0) is 10.1. The molecule has 0 saturated heterocycles. The van der Waals surface area contributed by atoms with Crippen molar-refractivity contribution in [2.75, 3.05) is 0 Å². The fourth-order valence-electron chi connectivity index (χ4n) is 1.05. The van der Waals surface area contributed by atoms with Crippen LogP contribution in [0.1, 0.15) is 16.2 Å². The number of aromatic nitrogens is 4. The molecule has 0 fully saturated rings. The van der Waals surface area contributed by atoms with Gasteiger partial charge >= 0.3 is 0 Å². The number of ketones is 1. The predicted octanol–water partition coefficient (Wildman–Crippen LogP) is 1.16. The van der Waals surface area contributed by atoms with Crippen molar-refractivity contribution in [2.45, 2.75) is 0 Å². The molecule has 0 radical (unpaired) electrons. The smallest absolute Gasteiger partial charge is 0.233 e. The maximum absolute atomic E-state index is 11.8. The summed E-state index contributed by atoms with van der Waals surface area (Å²) >= 11 is 6.93. The van der Waals surface area contributed by atoms with Crippen molar-refractivity contribution in [2.24, 2.45) is 7.05 Å². The highest BCUT2D eigenvalue weighted by molar-refractivity contribution is 7.03. The SMILES string of the molecule is Cn1ncc(Cl)c1C(=O)c1csnn1. The normalized spacial score (nSPS) is 10.4. The van der Waals surface area contributed by atoms with Crippen molar-refractivity contribution < 1.29 is 4.79 Å². The summed E-state index contributed by atoms with van der Waals surface area (Å²) in [7, 11) is 1.65. The summed E-state index contributed by atoms with van der Waals surface area (Å²) in [4.78, 5) is 11.8. The Bertz CT molecular complexity index is 444. The third-order valence-electron chi connectivity index (χ3n) is 1.70. The van der Waals surface area contributed by atoms with Crippen LogP contribution in [0.2, 0.25) is 5.02 Å². The molecule has 2 heterocycles. The van der Waals surface area contributed by atoms with Crippen molar-refractivity contribution in [3.63, 3.8) is 0 Å². The number of nitrogens with zero attached hydrogens (tertiary/aromatic N) is 4. The minimum atomic E-state index is -0.260. The molecular formula is C7H5ClN4OS. The second-order valence-corrected chi connectivity index (χ2v) is 3.60. The first-order chi connectivity index (χ1) is 6.70. The Morgan fingerprint density at radius 3 is 2.93 bits per heavy atom. The Hall–Kier alpha value is -1.27. The van der Waals surface area contributed by atoms with Gasteiger partial charge in [0.25, 0.3) is 0 Å². The number of halogens is 1. The number of carbonyl (C=O) groups excluding carboxylic acids is 1. The van der Waals surface area contributed by atoms with Crippen LogP contribution in [0.3, 0.4) is 0 Å². The molecule has 72 valence electrons. The maximum atomic E-state index is 11.8.